The number of hydrogen-bond donors (Lipinski definition) is 1. The Morgan fingerprint density at radius 3 is 2.82 bits per heavy atom. The molecule has 0 aliphatic carbocycles. The van der Waals surface area contributed by atoms with Crippen LogP contribution < -0.4 is 0 Å². The zero-order valence-electron chi connectivity index (χ0n) is 11.5. The van der Waals surface area contributed by atoms with E-state index < -0.39 is 5.92 Å². The molecule has 0 saturated carbocycles. The Bertz CT molecular complexity index is 844. The quantitative estimate of drug-likeness (QED) is 0.752. The summed E-state index contributed by atoms with van der Waals surface area (Å²) in [6.45, 7) is 0.469. The minimum atomic E-state index is -3.06. The summed E-state index contributed by atoms with van der Waals surface area (Å²) >= 11 is 5.88. The summed E-state index contributed by atoms with van der Waals surface area (Å²) in [4.78, 5) is 7.89. The molecule has 3 heterocycles. The van der Waals surface area contributed by atoms with Crippen molar-refractivity contribution >= 4 is 22.5 Å². The smallest absolute Gasteiger partial charge is 0.287 e. The van der Waals surface area contributed by atoms with E-state index in [0.717, 1.165) is 6.92 Å². The van der Waals surface area contributed by atoms with Crippen LogP contribution in [0.15, 0.2) is 30.5 Å². The molecule has 0 fully saturated rings. The fourth-order valence-corrected chi connectivity index (χ4v) is 2.28. The van der Waals surface area contributed by atoms with Gasteiger partial charge in [0.2, 0.25) is 0 Å². The molecule has 0 aliphatic heterocycles. The molecule has 0 spiro atoms. The highest BCUT2D eigenvalue weighted by Crippen LogP contribution is 2.27. The highest BCUT2D eigenvalue weighted by molar-refractivity contribution is 6.30. The Morgan fingerprint density at radius 1 is 1.36 bits per heavy atom. The SMILES string of the molecule is CC(F)(F)c1cccc(-n2nc(CO)c3cnc(Cl)cc32)n1. The highest BCUT2D eigenvalue weighted by atomic mass is 35.5. The summed E-state index contributed by atoms with van der Waals surface area (Å²) in [7, 11) is 0. The zero-order chi connectivity index (χ0) is 15.9. The summed E-state index contributed by atoms with van der Waals surface area (Å²) in [5.74, 6) is -2.84. The summed E-state index contributed by atoms with van der Waals surface area (Å²) in [5, 5.41) is 14.4. The minimum Gasteiger partial charge on any atom is -0.390 e. The van der Waals surface area contributed by atoms with Crippen LogP contribution in [0.3, 0.4) is 0 Å². The lowest BCUT2D eigenvalue weighted by molar-refractivity contribution is 0.0127. The number of pyridine rings is 2. The number of nitrogens with zero attached hydrogens (tertiary/aromatic N) is 4. The van der Waals surface area contributed by atoms with E-state index in [1.807, 2.05) is 0 Å². The van der Waals surface area contributed by atoms with Crippen LogP contribution in [-0.4, -0.2) is 24.9 Å². The highest BCUT2D eigenvalue weighted by Gasteiger charge is 2.26. The second-order valence-electron chi connectivity index (χ2n) is 4.81. The van der Waals surface area contributed by atoms with Crippen molar-refractivity contribution in [2.75, 3.05) is 0 Å². The maximum Gasteiger partial charge on any atom is 0.287 e. The van der Waals surface area contributed by atoms with Gasteiger partial charge in [-0.25, -0.2) is 14.6 Å². The molecule has 0 saturated heterocycles. The molecule has 3 rings (SSSR count). The predicted octanol–water partition coefficient (Wildman–Crippen LogP) is 3.07. The standard InChI is InChI=1S/C14H11ClF2N4O/c1-14(16,17)11-3-2-4-13(19-11)21-10-5-12(15)18-6-8(10)9(7-22)20-21/h2-6,22H,7H2,1H3. The Balaban J connectivity index is 2.24. The molecule has 0 aromatic carbocycles. The molecule has 0 aliphatic rings. The topological polar surface area (TPSA) is 63.8 Å². The number of aliphatic hydroxyl groups is 1. The molecule has 0 atom stereocenters. The van der Waals surface area contributed by atoms with Crippen LogP contribution >= 0.6 is 11.6 Å². The average Bonchev–Trinajstić information content (AvgIpc) is 2.84. The van der Waals surface area contributed by atoms with Crippen molar-refractivity contribution < 1.29 is 13.9 Å². The molecule has 0 bridgehead atoms. The molecule has 3 aromatic rings. The zero-order valence-corrected chi connectivity index (χ0v) is 12.2. The van der Waals surface area contributed by atoms with Gasteiger partial charge < -0.3 is 5.11 Å². The van der Waals surface area contributed by atoms with Gasteiger partial charge in [-0.05, 0) is 12.1 Å². The first-order valence-electron chi connectivity index (χ1n) is 6.40. The second-order valence-corrected chi connectivity index (χ2v) is 5.20. The molecule has 0 radical (unpaired) electrons. The van der Waals surface area contributed by atoms with Crippen molar-refractivity contribution in [1.29, 1.82) is 0 Å². The first kappa shape index (κ1) is 14.8. The van der Waals surface area contributed by atoms with Gasteiger partial charge in [-0.1, -0.05) is 17.7 Å². The van der Waals surface area contributed by atoms with Gasteiger partial charge >= 0.3 is 0 Å². The maximum absolute atomic E-state index is 13.4. The van der Waals surface area contributed by atoms with E-state index in [0.29, 0.717) is 16.6 Å². The van der Waals surface area contributed by atoms with Crippen LogP contribution in [0.2, 0.25) is 5.15 Å². The maximum atomic E-state index is 13.4. The largest absolute Gasteiger partial charge is 0.390 e. The van der Waals surface area contributed by atoms with Gasteiger partial charge in [0.15, 0.2) is 5.82 Å². The van der Waals surface area contributed by atoms with Gasteiger partial charge in [0.25, 0.3) is 5.92 Å². The van der Waals surface area contributed by atoms with E-state index in [9.17, 15) is 13.9 Å². The third-order valence-corrected chi connectivity index (χ3v) is 3.37. The molecule has 0 unspecified atom stereocenters. The lowest BCUT2D eigenvalue weighted by Crippen LogP contribution is -2.12. The Hall–Kier alpha value is -2.12. The summed E-state index contributed by atoms with van der Waals surface area (Å²) < 4.78 is 28.2. The van der Waals surface area contributed by atoms with E-state index in [1.165, 1.54) is 23.0 Å². The third kappa shape index (κ3) is 2.53. The van der Waals surface area contributed by atoms with Crippen LogP contribution in [0.4, 0.5) is 8.78 Å². The van der Waals surface area contributed by atoms with Gasteiger partial charge in [0.1, 0.15) is 10.8 Å². The number of halogens is 3. The van der Waals surface area contributed by atoms with Gasteiger partial charge in [-0.3, -0.25) is 0 Å². The van der Waals surface area contributed by atoms with Crippen LogP contribution in [0, 0.1) is 0 Å². The van der Waals surface area contributed by atoms with Crippen molar-refractivity contribution in [3.05, 3.63) is 47.0 Å². The molecular weight excluding hydrogens is 314 g/mol. The Morgan fingerprint density at radius 2 is 2.14 bits per heavy atom. The second kappa shape index (κ2) is 5.26. The Kier molecular flexibility index (Phi) is 3.54. The van der Waals surface area contributed by atoms with E-state index in [2.05, 4.69) is 15.1 Å². The van der Waals surface area contributed by atoms with Crippen LogP contribution in [0.25, 0.3) is 16.7 Å². The van der Waals surface area contributed by atoms with Gasteiger partial charge in [0, 0.05) is 24.6 Å². The normalized spacial score (nSPS) is 12.0. The summed E-state index contributed by atoms with van der Waals surface area (Å²) in [5.41, 5.74) is 0.544. The van der Waals surface area contributed by atoms with Crippen molar-refractivity contribution in [2.24, 2.45) is 0 Å². The average molecular weight is 325 g/mol. The van der Waals surface area contributed by atoms with Crippen molar-refractivity contribution in [3.63, 3.8) is 0 Å². The van der Waals surface area contributed by atoms with Gasteiger partial charge in [0.05, 0.1) is 17.8 Å². The molecule has 22 heavy (non-hydrogen) atoms. The monoisotopic (exact) mass is 324 g/mol. The third-order valence-electron chi connectivity index (χ3n) is 3.16. The fourth-order valence-electron chi connectivity index (χ4n) is 2.12. The lowest BCUT2D eigenvalue weighted by Gasteiger charge is -2.11. The van der Waals surface area contributed by atoms with Gasteiger partial charge in [-0.15, -0.1) is 0 Å². The van der Waals surface area contributed by atoms with Gasteiger partial charge in [-0.2, -0.15) is 13.9 Å². The summed E-state index contributed by atoms with van der Waals surface area (Å²) in [6.07, 6.45) is 1.48. The molecule has 5 nitrogen and oxygen atoms in total. The van der Waals surface area contributed by atoms with E-state index >= 15 is 0 Å². The number of fused-ring (bicyclic) bond motifs is 1. The summed E-state index contributed by atoms with van der Waals surface area (Å²) in [6, 6.07) is 5.82. The Labute approximate surface area is 129 Å². The van der Waals surface area contributed by atoms with Crippen molar-refractivity contribution in [2.45, 2.75) is 19.5 Å². The molecular formula is C14H11ClF2N4O. The van der Waals surface area contributed by atoms with E-state index in [-0.39, 0.29) is 23.3 Å². The van der Waals surface area contributed by atoms with Crippen LogP contribution in [0.1, 0.15) is 18.3 Å². The molecule has 1 N–H and O–H groups in total. The van der Waals surface area contributed by atoms with E-state index in [1.54, 1.807) is 12.1 Å². The number of alkyl halides is 2. The fraction of sp³-hybridized carbons (Fsp3) is 0.214. The first-order chi connectivity index (χ1) is 10.4. The van der Waals surface area contributed by atoms with Crippen molar-refractivity contribution in [1.82, 2.24) is 19.7 Å². The number of aromatic nitrogens is 4. The molecule has 3 aromatic heterocycles. The van der Waals surface area contributed by atoms with Crippen molar-refractivity contribution in [3.8, 4) is 5.82 Å². The lowest BCUT2D eigenvalue weighted by atomic mass is 10.2. The minimum absolute atomic E-state index is 0.214. The van der Waals surface area contributed by atoms with Crippen LogP contribution in [0.5, 0.6) is 0 Å². The predicted molar refractivity (Wildman–Crippen MR) is 77.2 cm³/mol. The number of aliphatic hydroxyl groups excluding tert-OH is 1. The number of hydrogen-bond acceptors (Lipinski definition) is 4. The van der Waals surface area contributed by atoms with E-state index in [4.69, 9.17) is 11.6 Å². The molecule has 114 valence electrons. The molecule has 0 amide bonds. The molecule has 8 heteroatoms. The first-order valence-corrected chi connectivity index (χ1v) is 6.77. The number of rotatable bonds is 3. The van der Waals surface area contributed by atoms with Crippen LogP contribution in [-0.2, 0) is 12.5 Å².